The van der Waals surface area contributed by atoms with Crippen LogP contribution >= 0.6 is 0 Å². The highest BCUT2D eigenvalue weighted by Gasteiger charge is 2.20. The van der Waals surface area contributed by atoms with Crippen LogP contribution in [0, 0.1) is 10.1 Å². The van der Waals surface area contributed by atoms with Crippen molar-refractivity contribution >= 4 is 35.5 Å². The average Bonchev–Trinajstić information content (AvgIpc) is 2.74. The number of fused-ring (bicyclic) bond motifs is 3. The molecule has 19 heavy (non-hydrogen) atoms. The van der Waals surface area contributed by atoms with Crippen LogP contribution in [-0.2, 0) is 0 Å². The monoisotopic (exact) mass is 253 g/mol. The van der Waals surface area contributed by atoms with Gasteiger partial charge in [0.2, 0.25) is 0 Å². The Morgan fingerprint density at radius 2 is 1.95 bits per heavy atom. The Kier molecular flexibility index (Phi) is 2.55. The lowest BCUT2D eigenvalue weighted by Gasteiger charge is -2.06. The molecule has 0 radical (unpaired) electrons. The van der Waals surface area contributed by atoms with Gasteiger partial charge in [-0.3, -0.25) is 10.1 Å². The smallest absolute Gasteiger partial charge is 0.275 e. The number of rotatable bonds is 2. The van der Waals surface area contributed by atoms with Crippen LogP contribution in [0.15, 0.2) is 40.8 Å². The molecule has 1 aromatic heterocycles. The van der Waals surface area contributed by atoms with E-state index in [1.54, 1.807) is 0 Å². The Bertz CT molecular complexity index is 792. The molecule has 0 saturated heterocycles. The molecule has 1 unspecified atom stereocenters. The summed E-state index contributed by atoms with van der Waals surface area (Å²) in [6.07, 6.45) is 0. The van der Waals surface area contributed by atoms with Crippen molar-refractivity contribution in [1.29, 1.82) is 0 Å². The van der Waals surface area contributed by atoms with Gasteiger partial charge < -0.3 is 4.42 Å². The second kappa shape index (κ2) is 4.12. The number of benzene rings is 2. The third-order valence-electron chi connectivity index (χ3n) is 3.34. The number of furan rings is 1. The molecule has 1 heterocycles. The summed E-state index contributed by atoms with van der Waals surface area (Å²) in [5, 5.41) is 13.1. The summed E-state index contributed by atoms with van der Waals surface area (Å²) < 4.78 is 5.67. The Morgan fingerprint density at radius 3 is 2.63 bits per heavy atom. The summed E-state index contributed by atoms with van der Waals surface area (Å²) in [6, 6.07) is 11.1. The van der Waals surface area contributed by atoms with Crippen molar-refractivity contribution in [1.82, 2.24) is 0 Å². The molecule has 5 heteroatoms. The van der Waals surface area contributed by atoms with Crippen LogP contribution in [0.2, 0.25) is 0 Å². The van der Waals surface area contributed by atoms with Crippen molar-refractivity contribution in [2.45, 2.75) is 12.7 Å². The molecule has 0 amide bonds. The SMILES string of the molecule is BC(C)c1cc2c(cc1[N+](=O)[O-])oc1ccccc12. The first-order chi connectivity index (χ1) is 9.08. The Hall–Kier alpha value is -2.30. The van der Waals surface area contributed by atoms with Gasteiger partial charge in [-0.05, 0) is 17.9 Å². The first-order valence-corrected chi connectivity index (χ1v) is 6.17. The lowest BCUT2D eigenvalue weighted by atomic mass is 9.81. The Labute approximate surface area is 110 Å². The summed E-state index contributed by atoms with van der Waals surface area (Å²) in [4.78, 5) is 10.8. The summed E-state index contributed by atoms with van der Waals surface area (Å²) in [5.41, 5.74) is 2.19. The number of nitro benzene ring substituents is 1. The van der Waals surface area contributed by atoms with Gasteiger partial charge in [0.05, 0.1) is 11.0 Å². The molecule has 3 aromatic rings. The fourth-order valence-electron chi connectivity index (χ4n) is 2.40. The molecule has 0 aliphatic rings. The molecule has 0 aliphatic carbocycles. The highest BCUT2D eigenvalue weighted by Crippen LogP contribution is 2.35. The third-order valence-corrected chi connectivity index (χ3v) is 3.34. The van der Waals surface area contributed by atoms with E-state index in [1.165, 1.54) is 6.07 Å². The zero-order valence-corrected chi connectivity index (χ0v) is 10.7. The van der Waals surface area contributed by atoms with Crippen LogP contribution in [0.4, 0.5) is 5.69 Å². The number of hydrogen-bond acceptors (Lipinski definition) is 3. The van der Waals surface area contributed by atoms with E-state index in [0.717, 1.165) is 21.9 Å². The van der Waals surface area contributed by atoms with E-state index < -0.39 is 0 Å². The Morgan fingerprint density at radius 1 is 1.21 bits per heavy atom. The van der Waals surface area contributed by atoms with Crippen molar-refractivity contribution in [3.8, 4) is 0 Å². The van der Waals surface area contributed by atoms with Gasteiger partial charge in [-0.15, -0.1) is 0 Å². The first kappa shape index (κ1) is 11.8. The maximum atomic E-state index is 11.1. The molecule has 4 nitrogen and oxygen atoms in total. The van der Waals surface area contributed by atoms with Crippen molar-refractivity contribution in [2.24, 2.45) is 0 Å². The third kappa shape index (κ3) is 1.78. The number of para-hydroxylation sites is 1. The van der Waals surface area contributed by atoms with Crippen LogP contribution in [0.5, 0.6) is 0 Å². The second-order valence-electron chi connectivity index (χ2n) is 4.92. The largest absolute Gasteiger partial charge is 0.456 e. The van der Waals surface area contributed by atoms with Gasteiger partial charge in [-0.2, -0.15) is 0 Å². The molecular weight excluding hydrogens is 241 g/mol. The number of nitro groups is 1. The molecule has 0 fully saturated rings. The van der Waals surface area contributed by atoms with Crippen molar-refractivity contribution < 1.29 is 9.34 Å². The molecule has 0 N–H and O–H groups in total. The van der Waals surface area contributed by atoms with Gasteiger partial charge in [0.25, 0.3) is 5.69 Å². The topological polar surface area (TPSA) is 56.3 Å². The highest BCUT2D eigenvalue weighted by molar-refractivity contribution is 6.13. The van der Waals surface area contributed by atoms with E-state index in [9.17, 15) is 10.1 Å². The van der Waals surface area contributed by atoms with Gasteiger partial charge in [0, 0.05) is 16.3 Å². The fourth-order valence-corrected chi connectivity index (χ4v) is 2.40. The summed E-state index contributed by atoms with van der Waals surface area (Å²) >= 11 is 0. The highest BCUT2D eigenvalue weighted by atomic mass is 16.6. The normalized spacial score (nSPS) is 12.9. The van der Waals surface area contributed by atoms with E-state index in [-0.39, 0.29) is 16.4 Å². The van der Waals surface area contributed by atoms with E-state index in [1.807, 2.05) is 45.1 Å². The summed E-state index contributed by atoms with van der Waals surface area (Å²) in [7, 11) is 1.95. The Balaban J connectivity index is 2.43. The van der Waals surface area contributed by atoms with Crippen LogP contribution < -0.4 is 0 Å². The van der Waals surface area contributed by atoms with Gasteiger partial charge in [-0.1, -0.05) is 25.1 Å². The van der Waals surface area contributed by atoms with Gasteiger partial charge in [0.15, 0.2) is 0 Å². The van der Waals surface area contributed by atoms with Gasteiger partial charge in [-0.25, -0.2) is 0 Å². The molecule has 1 atom stereocenters. The van der Waals surface area contributed by atoms with Crippen molar-refractivity contribution in [2.75, 3.05) is 0 Å². The van der Waals surface area contributed by atoms with Gasteiger partial charge >= 0.3 is 0 Å². The number of nitrogens with zero attached hydrogens (tertiary/aromatic N) is 1. The zero-order chi connectivity index (χ0) is 13.6. The van der Waals surface area contributed by atoms with Crippen LogP contribution in [0.1, 0.15) is 18.3 Å². The molecule has 0 saturated carbocycles. The molecule has 2 aromatic carbocycles. The molecule has 3 rings (SSSR count). The van der Waals surface area contributed by atoms with E-state index in [4.69, 9.17) is 4.42 Å². The minimum atomic E-state index is -0.345. The maximum absolute atomic E-state index is 11.1. The second-order valence-corrected chi connectivity index (χ2v) is 4.92. The van der Waals surface area contributed by atoms with E-state index in [2.05, 4.69) is 0 Å². The van der Waals surface area contributed by atoms with Crippen molar-refractivity contribution in [3.05, 3.63) is 52.1 Å². The minimum absolute atomic E-state index is 0.0958. The summed E-state index contributed by atoms with van der Waals surface area (Å²) in [6.45, 7) is 1.95. The van der Waals surface area contributed by atoms with Crippen LogP contribution in [0.25, 0.3) is 21.9 Å². The summed E-state index contributed by atoms with van der Waals surface area (Å²) in [5.74, 6) is 0.0958. The van der Waals surface area contributed by atoms with Crippen LogP contribution in [0.3, 0.4) is 0 Å². The first-order valence-electron chi connectivity index (χ1n) is 6.17. The maximum Gasteiger partial charge on any atom is 0.275 e. The fraction of sp³-hybridized carbons (Fsp3) is 0.143. The minimum Gasteiger partial charge on any atom is -0.456 e. The van der Waals surface area contributed by atoms with Crippen molar-refractivity contribution in [3.63, 3.8) is 0 Å². The number of hydrogen-bond donors (Lipinski definition) is 0. The molecule has 0 bridgehead atoms. The zero-order valence-electron chi connectivity index (χ0n) is 10.7. The van der Waals surface area contributed by atoms with Crippen LogP contribution in [-0.4, -0.2) is 12.8 Å². The van der Waals surface area contributed by atoms with E-state index >= 15 is 0 Å². The predicted molar refractivity (Wildman–Crippen MR) is 77.3 cm³/mol. The average molecular weight is 253 g/mol. The molecule has 94 valence electrons. The van der Waals surface area contributed by atoms with Gasteiger partial charge in [0.1, 0.15) is 19.0 Å². The lowest BCUT2D eigenvalue weighted by molar-refractivity contribution is -0.385. The van der Waals surface area contributed by atoms with E-state index in [0.29, 0.717) is 5.58 Å². The lowest BCUT2D eigenvalue weighted by Crippen LogP contribution is -1.99. The quantitative estimate of drug-likeness (QED) is 0.400. The molecular formula is C14H12BNO3. The predicted octanol–water partition coefficient (Wildman–Crippen LogP) is 3.19. The molecule has 0 aliphatic heterocycles. The molecule has 0 spiro atoms. The standard InChI is InChI=1S/C14H12BNO3/c1-8(15)10-6-11-9-4-2-3-5-13(9)19-14(11)7-12(10)16(17)18/h2-8H,15H2,1H3.